The number of nitrogens with one attached hydrogen (secondary N) is 4. The van der Waals surface area contributed by atoms with Gasteiger partial charge in [-0.25, -0.2) is 4.79 Å². The molecule has 0 saturated heterocycles. The molecule has 2 atom stereocenters. The average molecular weight is 486 g/mol. The molecule has 2 aromatic carbocycles. The van der Waals surface area contributed by atoms with Gasteiger partial charge in [0.25, 0.3) is 0 Å². The molecule has 2 aromatic rings. The molecule has 35 heavy (non-hydrogen) atoms. The van der Waals surface area contributed by atoms with Gasteiger partial charge in [0.2, 0.25) is 0 Å². The van der Waals surface area contributed by atoms with Crippen molar-refractivity contribution in [1.29, 1.82) is 0 Å². The third kappa shape index (κ3) is 9.20. The number of esters is 1. The van der Waals surface area contributed by atoms with Crippen molar-refractivity contribution in [3.05, 3.63) is 64.7 Å². The van der Waals surface area contributed by atoms with E-state index in [0.717, 1.165) is 33.7 Å². The number of aliphatic hydroxyl groups excluding tert-OH is 1. The van der Waals surface area contributed by atoms with Gasteiger partial charge in [0.15, 0.2) is 6.35 Å². The Kier molecular flexibility index (Phi) is 11.0. The highest BCUT2D eigenvalue weighted by molar-refractivity contribution is 5.76. The highest BCUT2D eigenvalue weighted by Crippen LogP contribution is 2.17. The molecule has 0 radical (unpaired) electrons. The number of aryl methyl sites for hydroxylation is 2. The van der Waals surface area contributed by atoms with E-state index in [2.05, 4.69) is 41.6 Å². The van der Waals surface area contributed by atoms with Crippen molar-refractivity contribution in [2.45, 2.75) is 53.9 Å². The molecular formula is C26H39N5O4. The topological polar surface area (TPSA) is 115 Å². The summed E-state index contributed by atoms with van der Waals surface area (Å²) in [5, 5.41) is 13.6. The Morgan fingerprint density at radius 2 is 1.74 bits per heavy atom. The Morgan fingerprint density at radius 1 is 1.06 bits per heavy atom. The van der Waals surface area contributed by atoms with Gasteiger partial charge in [-0.3, -0.25) is 20.4 Å². The molecule has 0 aromatic heterocycles. The monoisotopic (exact) mass is 485 g/mol. The van der Waals surface area contributed by atoms with E-state index in [-0.39, 0.29) is 6.54 Å². The summed E-state index contributed by atoms with van der Waals surface area (Å²) in [7, 11) is 1.29. The van der Waals surface area contributed by atoms with E-state index in [9.17, 15) is 14.7 Å². The Bertz CT molecular complexity index is 965. The first kappa shape index (κ1) is 28.1. The molecule has 0 aliphatic heterocycles. The average Bonchev–Trinajstić information content (AvgIpc) is 2.82. The third-order valence-electron chi connectivity index (χ3n) is 5.59. The number of methoxy groups -OCH3 is 1. The molecule has 1 unspecified atom stereocenters. The second-order valence-corrected chi connectivity index (χ2v) is 9.24. The van der Waals surface area contributed by atoms with E-state index in [1.54, 1.807) is 6.92 Å². The summed E-state index contributed by atoms with van der Waals surface area (Å²) in [6.07, 6.45) is -0.334. The number of hydrogen-bond donors (Lipinski definition) is 5. The van der Waals surface area contributed by atoms with Crippen LogP contribution in [0.3, 0.4) is 0 Å². The molecule has 0 spiro atoms. The maximum absolute atomic E-state index is 12.9. The highest BCUT2D eigenvalue weighted by atomic mass is 16.5. The van der Waals surface area contributed by atoms with Gasteiger partial charge >= 0.3 is 12.0 Å². The van der Waals surface area contributed by atoms with Crippen LogP contribution >= 0.6 is 0 Å². The number of hydrazine groups is 2. The zero-order chi connectivity index (χ0) is 26.0. The van der Waals surface area contributed by atoms with E-state index < -0.39 is 24.3 Å². The molecule has 0 fully saturated rings. The van der Waals surface area contributed by atoms with Gasteiger partial charge in [-0.15, -0.1) is 5.53 Å². The standard InChI is InChI=1S/C26H39N5O4/c1-17(2)13-22-11-12-23(14-19(22)4)28-30-29-26(34)31(16-20(5)24(32)35-6)25(33)27-15-21-9-7-18(3)8-10-21/h7-12,14,17,20,25,27-28,30,33H,13,15-16H2,1-6H3,(H,29,34)/t20-,25?/m0/s1. The van der Waals surface area contributed by atoms with Gasteiger partial charge in [0.1, 0.15) is 0 Å². The molecule has 5 N–H and O–H groups in total. The smallest absolute Gasteiger partial charge is 0.336 e. The SMILES string of the molecule is COC(=O)[C@@H](C)CN(C(=O)NNNc1ccc(CC(C)C)c(C)c1)C(O)NCc1ccc(C)cc1. The van der Waals surface area contributed by atoms with Crippen LogP contribution in [0.2, 0.25) is 0 Å². The van der Waals surface area contributed by atoms with Crippen LogP contribution in [0.15, 0.2) is 42.5 Å². The highest BCUT2D eigenvalue weighted by Gasteiger charge is 2.26. The fraction of sp³-hybridized carbons (Fsp3) is 0.462. The Labute approximate surface area is 208 Å². The minimum Gasteiger partial charge on any atom is -0.469 e. The number of carbonyl (C=O) groups is 2. The fourth-order valence-electron chi connectivity index (χ4n) is 3.56. The molecule has 192 valence electrons. The van der Waals surface area contributed by atoms with Gasteiger partial charge in [-0.1, -0.05) is 56.7 Å². The molecule has 2 rings (SSSR count). The number of ether oxygens (including phenoxy) is 1. The fourth-order valence-corrected chi connectivity index (χ4v) is 3.56. The third-order valence-corrected chi connectivity index (χ3v) is 5.59. The Hall–Kier alpha value is -3.14. The molecular weight excluding hydrogens is 446 g/mol. The largest absolute Gasteiger partial charge is 0.469 e. The van der Waals surface area contributed by atoms with Gasteiger partial charge in [0, 0.05) is 13.1 Å². The first-order valence-electron chi connectivity index (χ1n) is 11.8. The summed E-state index contributed by atoms with van der Waals surface area (Å²) in [4.78, 5) is 25.9. The maximum Gasteiger partial charge on any atom is 0.336 e. The van der Waals surface area contributed by atoms with Crippen molar-refractivity contribution >= 4 is 17.7 Å². The Morgan fingerprint density at radius 3 is 2.34 bits per heavy atom. The number of aliphatic hydroxyl groups is 1. The molecule has 9 heteroatoms. The number of rotatable bonds is 12. The number of anilines is 1. The van der Waals surface area contributed by atoms with Crippen molar-refractivity contribution in [2.24, 2.45) is 11.8 Å². The lowest BCUT2D eigenvalue weighted by molar-refractivity contribution is -0.146. The number of carbonyl (C=O) groups excluding carboxylic acids is 2. The number of nitrogens with zero attached hydrogens (tertiary/aromatic N) is 1. The second kappa shape index (κ2) is 13.7. The quantitative estimate of drug-likeness (QED) is 0.178. The van der Waals surface area contributed by atoms with Crippen LogP contribution in [-0.4, -0.2) is 42.0 Å². The van der Waals surface area contributed by atoms with Crippen LogP contribution in [0.4, 0.5) is 10.5 Å². The normalized spacial score (nSPS) is 12.7. The second-order valence-electron chi connectivity index (χ2n) is 9.24. The predicted octanol–water partition coefficient (Wildman–Crippen LogP) is 3.22. The van der Waals surface area contributed by atoms with Crippen molar-refractivity contribution < 1.29 is 19.4 Å². The van der Waals surface area contributed by atoms with Gasteiger partial charge in [-0.2, -0.15) is 0 Å². The van der Waals surface area contributed by atoms with Crippen molar-refractivity contribution in [3.63, 3.8) is 0 Å². The van der Waals surface area contributed by atoms with Gasteiger partial charge in [0.05, 0.1) is 18.7 Å². The molecule has 0 aliphatic carbocycles. The van der Waals surface area contributed by atoms with E-state index in [1.807, 2.05) is 50.2 Å². The summed E-state index contributed by atoms with van der Waals surface area (Å²) < 4.78 is 4.77. The lowest BCUT2D eigenvalue weighted by atomic mass is 9.98. The van der Waals surface area contributed by atoms with Crippen LogP contribution in [0.5, 0.6) is 0 Å². The predicted molar refractivity (Wildman–Crippen MR) is 137 cm³/mol. The molecule has 0 saturated carbocycles. The molecule has 0 bridgehead atoms. The van der Waals surface area contributed by atoms with E-state index in [4.69, 9.17) is 4.74 Å². The molecule has 0 heterocycles. The Balaban J connectivity index is 1.99. The van der Waals surface area contributed by atoms with Gasteiger partial charge < -0.3 is 15.3 Å². The minimum atomic E-state index is -1.33. The summed E-state index contributed by atoms with van der Waals surface area (Å²) in [6, 6.07) is 13.2. The van der Waals surface area contributed by atoms with Crippen molar-refractivity contribution in [3.8, 4) is 0 Å². The number of urea groups is 1. The molecule has 2 amide bonds. The zero-order valence-electron chi connectivity index (χ0n) is 21.5. The van der Waals surface area contributed by atoms with Gasteiger partial charge in [-0.05, 0) is 55.0 Å². The number of hydrogen-bond acceptors (Lipinski definition) is 7. The summed E-state index contributed by atoms with van der Waals surface area (Å²) in [5.41, 5.74) is 13.4. The number of benzene rings is 2. The van der Waals surface area contributed by atoms with Crippen molar-refractivity contribution in [2.75, 3.05) is 19.1 Å². The van der Waals surface area contributed by atoms with Crippen LogP contribution < -0.4 is 21.7 Å². The summed E-state index contributed by atoms with van der Waals surface area (Å²) in [5.74, 6) is -0.545. The van der Waals surface area contributed by atoms with Crippen LogP contribution in [0, 0.1) is 25.7 Å². The number of amides is 2. The first-order valence-corrected chi connectivity index (χ1v) is 11.8. The lowest BCUT2D eigenvalue weighted by Gasteiger charge is -2.30. The van der Waals surface area contributed by atoms with Crippen molar-refractivity contribution in [1.82, 2.24) is 21.2 Å². The zero-order valence-corrected chi connectivity index (χ0v) is 21.5. The maximum atomic E-state index is 12.9. The van der Waals surface area contributed by atoms with Crippen LogP contribution in [0.1, 0.15) is 43.0 Å². The van der Waals surface area contributed by atoms with E-state index in [1.165, 1.54) is 12.7 Å². The first-order chi connectivity index (χ1) is 16.6. The van der Waals surface area contributed by atoms with E-state index >= 15 is 0 Å². The minimum absolute atomic E-state index is 0.0503. The lowest BCUT2D eigenvalue weighted by Crippen LogP contribution is -2.57. The summed E-state index contributed by atoms with van der Waals surface area (Å²) in [6.45, 7) is 10.3. The van der Waals surface area contributed by atoms with Crippen LogP contribution in [0.25, 0.3) is 0 Å². The van der Waals surface area contributed by atoms with E-state index in [0.29, 0.717) is 12.5 Å². The van der Waals surface area contributed by atoms with Crippen LogP contribution in [-0.2, 0) is 22.5 Å². The molecule has 0 aliphatic rings. The molecule has 9 nitrogen and oxygen atoms in total. The summed E-state index contributed by atoms with van der Waals surface area (Å²) >= 11 is 0.